The maximum Gasteiger partial charge on any atom is 0.238 e. The molecule has 0 saturated heterocycles. The van der Waals surface area contributed by atoms with Crippen molar-refractivity contribution in [3.63, 3.8) is 0 Å². The van der Waals surface area contributed by atoms with Crippen LogP contribution in [0.5, 0.6) is 5.75 Å². The van der Waals surface area contributed by atoms with Gasteiger partial charge in [-0.3, -0.25) is 4.72 Å². The van der Waals surface area contributed by atoms with Gasteiger partial charge in [-0.05, 0) is 59.5 Å². The second-order valence-corrected chi connectivity index (χ2v) is 11.2. The van der Waals surface area contributed by atoms with Gasteiger partial charge in [0.2, 0.25) is 10.0 Å². The smallest absolute Gasteiger partial charge is 0.238 e. The summed E-state index contributed by atoms with van der Waals surface area (Å²) in [4.78, 5) is 0. The van der Waals surface area contributed by atoms with Crippen LogP contribution < -0.4 is 9.46 Å². The Hall–Kier alpha value is -1.57. The molecule has 0 radical (unpaired) electrons. The Kier molecular flexibility index (Phi) is 7.62. The largest absolute Gasteiger partial charge is 0.494 e. The molecule has 1 saturated carbocycles. The van der Waals surface area contributed by atoms with Crippen LogP contribution in [-0.4, -0.2) is 43.7 Å². The van der Waals surface area contributed by atoms with E-state index in [9.17, 15) is 31.8 Å². The molecule has 32 heavy (non-hydrogen) atoms. The van der Waals surface area contributed by atoms with E-state index in [0.29, 0.717) is 3.57 Å². The van der Waals surface area contributed by atoms with Crippen LogP contribution in [0.3, 0.4) is 0 Å². The Balaban J connectivity index is 2.04. The Morgan fingerprint density at radius 1 is 1.16 bits per heavy atom. The molecule has 3 rings (SSSR count). The number of methoxy groups -OCH3 is 1. The van der Waals surface area contributed by atoms with Gasteiger partial charge in [-0.2, -0.15) is 0 Å². The normalized spacial score (nSPS) is 15.1. The molecule has 6 nitrogen and oxygen atoms in total. The first-order valence-corrected chi connectivity index (χ1v) is 12.4. The molecule has 0 aromatic heterocycles. The van der Waals surface area contributed by atoms with Crippen molar-refractivity contribution in [1.82, 2.24) is 0 Å². The van der Waals surface area contributed by atoms with Gasteiger partial charge in [-0.15, -0.1) is 0 Å². The lowest BCUT2D eigenvalue weighted by Crippen LogP contribution is -2.34. The molecule has 3 N–H and O–H groups in total. The number of benzene rings is 2. The van der Waals surface area contributed by atoms with Gasteiger partial charge >= 0.3 is 0 Å². The summed E-state index contributed by atoms with van der Waals surface area (Å²) in [5, 5.41) is 18.7. The Morgan fingerprint density at radius 3 is 2.34 bits per heavy atom. The quantitative estimate of drug-likeness (QED) is 0.371. The fourth-order valence-electron chi connectivity index (χ4n) is 3.63. The molecule has 0 heterocycles. The second kappa shape index (κ2) is 9.74. The molecule has 1 aliphatic rings. The molecule has 0 bridgehead atoms. The second-order valence-electron chi connectivity index (χ2n) is 7.86. The topological polar surface area (TPSA) is 95.9 Å². The third-order valence-electron chi connectivity index (χ3n) is 5.67. The molecule has 0 aliphatic heterocycles. The number of sulfonamides is 1. The predicted molar refractivity (Wildman–Crippen MR) is 122 cm³/mol. The molecular formula is C21H23F3INO5S. The van der Waals surface area contributed by atoms with Gasteiger partial charge in [-0.1, -0.05) is 6.07 Å². The van der Waals surface area contributed by atoms with E-state index in [-0.39, 0.29) is 55.0 Å². The molecule has 1 aliphatic carbocycles. The van der Waals surface area contributed by atoms with Crippen LogP contribution in [0.25, 0.3) is 0 Å². The summed E-state index contributed by atoms with van der Waals surface area (Å²) < 4.78 is 76.7. The van der Waals surface area contributed by atoms with E-state index >= 15 is 0 Å². The van der Waals surface area contributed by atoms with Crippen LogP contribution in [0, 0.1) is 26.9 Å². The molecule has 0 unspecified atom stereocenters. The Labute approximate surface area is 198 Å². The van der Waals surface area contributed by atoms with E-state index in [0.717, 1.165) is 6.07 Å². The third kappa shape index (κ3) is 5.00. The minimum atomic E-state index is -4.15. The summed E-state index contributed by atoms with van der Waals surface area (Å²) in [6, 6.07) is 4.98. The standard InChI is InChI=1S/C21H23F3INO5S/c1-31-18-8-17(23)19(24)15(6-13-2-3-14(25)7-16(13)22)20(18)26-32(29,30)21(4-5-21)9-12(10-27)11-28/h2-3,7-8,12,26-28H,4-6,9-11H2,1H3. The first kappa shape index (κ1) is 25.1. The molecular weight excluding hydrogens is 562 g/mol. The highest BCUT2D eigenvalue weighted by atomic mass is 127. The fraction of sp³-hybridized carbons (Fsp3) is 0.429. The van der Waals surface area contributed by atoms with Crippen molar-refractivity contribution in [3.8, 4) is 5.75 Å². The van der Waals surface area contributed by atoms with Crippen molar-refractivity contribution in [2.45, 2.75) is 30.4 Å². The minimum absolute atomic E-state index is 0.00239. The van der Waals surface area contributed by atoms with Gasteiger partial charge < -0.3 is 14.9 Å². The summed E-state index contributed by atoms with van der Waals surface area (Å²) in [6.07, 6.45) is 0.156. The van der Waals surface area contributed by atoms with Gasteiger partial charge in [0.15, 0.2) is 11.6 Å². The van der Waals surface area contributed by atoms with Crippen LogP contribution in [0.15, 0.2) is 24.3 Å². The zero-order chi connectivity index (χ0) is 23.7. The lowest BCUT2D eigenvalue weighted by Gasteiger charge is -2.24. The first-order chi connectivity index (χ1) is 15.1. The number of rotatable bonds is 10. The van der Waals surface area contributed by atoms with Crippen LogP contribution in [0.4, 0.5) is 18.9 Å². The zero-order valence-corrected chi connectivity index (χ0v) is 20.1. The molecule has 11 heteroatoms. The summed E-state index contributed by atoms with van der Waals surface area (Å²) in [7, 11) is -2.97. The molecule has 0 atom stereocenters. The number of anilines is 1. The van der Waals surface area contributed by atoms with Gasteiger partial charge in [0.25, 0.3) is 0 Å². The van der Waals surface area contributed by atoms with E-state index in [1.165, 1.54) is 19.2 Å². The van der Waals surface area contributed by atoms with Crippen molar-refractivity contribution in [2.24, 2.45) is 5.92 Å². The number of aliphatic hydroxyl groups excluding tert-OH is 2. The van der Waals surface area contributed by atoms with Gasteiger partial charge in [0, 0.05) is 40.8 Å². The number of aliphatic hydroxyl groups is 2. The van der Waals surface area contributed by atoms with Gasteiger partial charge in [0.05, 0.1) is 17.5 Å². The van der Waals surface area contributed by atoms with Crippen molar-refractivity contribution in [2.75, 3.05) is 25.0 Å². The first-order valence-electron chi connectivity index (χ1n) is 9.80. The molecule has 0 spiro atoms. The van der Waals surface area contributed by atoms with E-state index in [1.807, 2.05) is 22.6 Å². The number of hydrogen-bond donors (Lipinski definition) is 3. The molecule has 176 valence electrons. The van der Waals surface area contributed by atoms with Crippen LogP contribution >= 0.6 is 22.6 Å². The number of ether oxygens (including phenoxy) is 1. The predicted octanol–water partition coefficient (Wildman–Crippen LogP) is 3.57. The van der Waals surface area contributed by atoms with E-state index in [2.05, 4.69) is 4.72 Å². The average molecular weight is 585 g/mol. The highest BCUT2D eigenvalue weighted by Crippen LogP contribution is 2.50. The zero-order valence-electron chi connectivity index (χ0n) is 17.2. The van der Waals surface area contributed by atoms with Crippen molar-refractivity contribution in [3.05, 3.63) is 56.4 Å². The van der Waals surface area contributed by atoms with Gasteiger partial charge in [-0.25, -0.2) is 21.6 Å². The monoisotopic (exact) mass is 585 g/mol. The maximum absolute atomic E-state index is 14.8. The molecule has 2 aromatic rings. The summed E-state index contributed by atoms with van der Waals surface area (Å²) in [6.45, 7) is -0.779. The lowest BCUT2D eigenvalue weighted by atomic mass is 10.0. The van der Waals surface area contributed by atoms with Crippen LogP contribution in [-0.2, 0) is 16.4 Å². The third-order valence-corrected chi connectivity index (χ3v) is 8.53. The molecule has 1 fully saturated rings. The average Bonchev–Trinajstić information content (AvgIpc) is 3.54. The van der Waals surface area contributed by atoms with Crippen molar-refractivity contribution in [1.29, 1.82) is 0 Å². The minimum Gasteiger partial charge on any atom is -0.494 e. The Morgan fingerprint density at radius 2 is 1.81 bits per heavy atom. The van der Waals surface area contributed by atoms with E-state index in [4.69, 9.17) is 4.74 Å². The highest BCUT2D eigenvalue weighted by Gasteiger charge is 2.55. The fourth-order valence-corrected chi connectivity index (χ4v) is 5.88. The highest BCUT2D eigenvalue weighted by molar-refractivity contribution is 14.1. The number of hydrogen-bond acceptors (Lipinski definition) is 5. The summed E-state index contributed by atoms with van der Waals surface area (Å²) in [5.74, 6) is -4.09. The number of nitrogens with one attached hydrogen (secondary N) is 1. The maximum atomic E-state index is 14.8. The van der Waals surface area contributed by atoms with Crippen LogP contribution in [0.2, 0.25) is 0 Å². The lowest BCUT2D eigenvalue weighted by molar-refractivity contribution is 0.141. The SMILES string of the molecule is COc1cc(F)c(F)c(Cc2ccc(I)cc2F)c1NS(=O)(=O)C1(CC(CO)CO)CC1. The van der Waals surface area contributed by atoms with Gasteiger partial charge in [0.1, 0.15) is 11.6 Å². The molecule has 2 aromatic carbocycles. The summed E-state index contributed by atoms with van der Waals surface area (Å²) in [5.41, 5.74) is -0.637. The van der Waals surface area contributed by atoms with Crippen LogP contribution in [0.1, 0.15) is 30.4 Å². The van der Waals surface area contributed by atoms with Crippen molar-refractivity contribution >= 4 is 38.3 Å². The van der Waals surface area contributed by atoms with Crippen molar-refractivity contribution < 1.29 is 36.5 Å². The van der Waals surface area contributed by atoms with E-state index in [1.54, 1.807) is 6.07 Å². The Bertz CT molecular complexity index is 1110. The number of halogens is 4. The van der Waals surface area contributed by atoms with E-state index < -0.39 is 44.6 Å². The summed E-state index contributed by atoms with van der Waals surface area (Å²) >= 11 is 1.91. The molecule has 0 amide bonds.